The van der Waals surface area contributed by atoms with Crippen LogP contribution in [0.15, 0.2) is 28.4 Å². The van der Waals surface area contributed by atoms with Crippen LogP contribution >= 0.6 is 34.9 Å². The Balaban J connectivity index is 0.000000303. The average Bonchev–Trinajstić information content (AvgIpc) is 3.20. The van der Waals surface area contributed by atoms with Crippen molar-refractivity contribution in [2.45, 2.75) is 13.0 Å². The molecule has 2 aliphatic rings. The van der Waals surface area contributed by atoms with Crippen molar-refractivity contribution in [1.82, 2.24) is 18.9 Å². The fraction of sp³-hybridized carbons (Fsp3) is 0.556. The van der Waals surface area contributed by atoms with Crippen molar-refractivity contribution in [2.75, 3.05) is 57.1 Å². The maximum atomic E-state index is 11.0. The Morgan fingerprint density at radius 3 is 2.59 bits per heavy atom. The number of thiazole rings is 1. The van der Waals surface area contributed by atoms with E-state index < -0.39 is 11.0 Å². The molecule has 180 valence electrons. The first kappa shape index (κ1) is 26.9. The van der Waals surface area contributed by atoms with E-state index in [4.69, 9.17) is 27.8 Å². The maximum Gasteiger partial charge on any atom is 0.212 e. The number of nitrogens with two attached hydrogens (primary N) is 2. The number of carbonyl (C=O) groups excluding carboxylic acids is 1. The van der Waals surface area contributed by atoms with Gasteiger partial charge in [-0.3, -0.25) is 4.79 Å². The van der Waals surface area contributed by atoms with Gasteiger partial charge in [-0.25, -0.2) is 17.8 Å². The van der Waals surface area contributed by atoms with Crippen LogP contribution in [0.4, 0.5) is 5.13 Å². The van der Waals surface area contributed by atoms with Gasteiger partial charge in [0.05, 0.1) is 29.2 Å². The number of hydrogen-bond acceptors (Lipinski definition) is 10. The second-order valence-corrected chi connectivity index (χ2v) is 10.6. The lowest BCUT2D eigenvalue weighted by Gasteiger charge is -2.33. The second-order valence-electron chi connectivity index (χ2n) is 6.90. The monoisotopic (exact) mass is 523 g/mol. The third-order valence-electron chi connectivity index (χ3n) is 4.50. The molecule has 10 nitrogen and oxygen atoms in total. The van der Waals surface area contributed by atoms with E-state index >= 15 is 0 Å². The molecule has 3 rings (SSSR count). The van der Waals surface area contributed by atoms with Crippen LogP contribution in [0, 0.1) is 0 Å². The van der Waals surface area contributed by atoms with Gasteiger partial charge in [0.15, 0.2) is 5.13 Å². The van der Waals surface area contributed by atoms with E-state index in [1.807, 2.05) is 16.6 Å². The largest absolute Gasteiger partial charge is 0.393 e. The zero-order valence-electron chi connectivity index (χ0n) is 18.1. The standard InChI is InChI=1S/C12H17ClN6OS2.C6H13NO2S/c13-9-7-21-12(17-9)18-3-5-19(6-4-18)22-11(15)2-1-10(14)16-8-20;1-6-5-9-4-3-7(6)10(2)8/h1-2,7-8H,3-6,14-15H2,(H,16,20);6H,3-5H2,1-2H3/b10-1+,11-2+;. The summed E-state index contributed by atoms with van der Waals surface area (Å²) in [4.78, 5) is 16.7. The molecule has 2 atom stereocenters. The number of nitrogens with zero attached hydrogens (tertiary/aromatic N) is 4. The number of anilines is 1. The number of halogens is 1. The molecule has 1 aromatic heterocycles. The van der Waals surface area contributed by atoms with Crippen LogP contribution in [0.25, 0.3) is 0 Å². The molecule has 2 saturated heterocycles. The van der Waals surface area contributed by atoms with Gasteiger partial charge in [-0.15, -0.1) is 11.3 Å². The molecular weight excluding hydrogens is 494 g/mol. The summed E-state index contributed by atoms with van der Waals surface area (Å²) in [6.45, 7) is 7.71. The first-order valence-electron chi connectivity index (χ1n) is 9.90. The van der Waals surface area contributed by atoms with Gasteiger partial charge in [0.1, 0.15) is 11.0 Å². The molecule has 0 aromatic carbocycles. The Kier molecular flexibility index (Phi) is 11.8. The smallest absolute Gasteiger partial charge is 0.212 e. The zero-order chi connectivity index (χ0) is 23.5. The first-order valence-corrected chi connectivity index (χ1v) is 13.4. The molecule has 0 radical (unpaired) electrons. The number of piperazine rings is 1. The Morgan fingerprint density at radius 1 is 1.34 bits per heavy atom. The third-order valence-corrected chi connectivity index (χ3v) is 7.90. The van der Waals surface area contributed by atoms with Gasteiger partial charge in [-0.05, 0) is 31.0 Å². The van der Waals surface area contributed by atoms with Gasteiger partial charge in [0.2, 0.25) is 6.41 Å². The molecule has 0 spiro atoms. The molecule has 14 heteroatoms. The number of hydrogen-bond donors (Lipinski definition) is 3. The minimum atomic E-state index is -0.829. The Morgan fingerprint density at radius 2 is 2.06 bits per heavy atom. The molecule has 2 aliphatic heterocycles. The quantitative estimate of drug-likeness (QED) is 0.271. The number of rotatable bonds is 7. The number of ether oxygens (including phenoxy) is 1. The van der Waals surface area contributed by atoms with E-state index in [9.17, 15) is 9.00 Å². The summed E-state index contributed by atoms with van der Waals surface area (Å²) in [5.41, 5.74) is 11.4. The average molecular weight is 524 g/mol. The van der Waals surface area contributed by atoms with Crippen molar-refractivity contribution in [2.24, 2.45) is 11.5 Å². The van der Waals surface area contributed by atoms with Crippen molar-refractivity contribution < 1.29 is 13.7 Å². The predicted octanol–water partition coefficient (Wildman–Crippen LogP) is 0.914. The van der Waals surface area contributed by atoms with Crippen LogP contribution in [0.5, 0.6) is 0 Å². The lowest BCUT2D eigenvalue weighted by Crippen LogP contribution is -2.44. The zero-order valence-corrected chi connectivity index (χ0v) is 21.3. The Labute approximate surface area is 204 Å². The molecule has 32 heavy (non-hydrogen) atoms. The van der Waals surface area contributed by atoms with Crippen LogP contribution in [-0.4, -0.2) is 82.4 Å². The van der Waals surface area contributed by atoms with Gasteiger partial charge in [-0.2, -0.15) is 0 Å². The van der Waals surface area contributed by atoms with E-state index in [1.165, 1.54) is 11.9 Å². The number of allylic oxidation sites excluding steroid dienone is 2. The summed E-state index contributed by atoms with van der Waals surface area (Å²) < 4.78 is 20.3. The van der Waals surface area contributed by atoms with E-state index in [1.54, 1.807) is 29.7 Å². The van der Waals surface area contributed by atoms with Crippen LogP contribution in [0.3, 0.4) is 0 Å². The van der Waals surface area contributed by atoms with E-state index in [0.717, 1.165) is 37.9 Å². The summed E-state index contributed by atoms with van der Waals surface area (Å²) >= 11 is 8.87. The molecular formula is C18H30ClN7O3S3. The number of nitrogens with one attached hydrogen (secondary N) is 1. The Bertz CT molecular complexity index is 815. The summed E-state index contributed by atoms with van der Waals surface area (Å²) in [6.07, 6.45) is 5.46. The fourth-order valence-electron chi connectivity index (χ4n) is 2.92. The minimum Gasteiger partial charge on any atom is -0.393 e. The molecule has 0 bridgehead atoms. The second kappa shape index (κ2) is 14.0. The van der Waals surface area contributed by atoms with Crippen molar-refractivity contribution in [1.29, 1.82) is 0 Å². The number of morpholine rings is 1. The molecule has 5 N–H and O–H groups in total. The van der Waals surface area contributed by atoms with E-state index in [-0.39, 0.29) is 5.82 Å². The van der Waals surface area contributed by atoms with Crippen LogP contribution < -0.4 is 21.7 Å². The van der Waals surface area contributed by atoms with Gasteiger partial charge < -0.3 is 26.4 Å². The Hall–Kier alpha value is -1.35. The molecule has 3 heterocycles. The van der Waals surface area contributed by atoms with Crippen molar-refractivity contribution >= 4 is 57.4 Å². The highest BCUT2D eigenvalue weighted by Gasteiger charge is 2.21. The van der Waals surface area contributed by atoms with Gasteiger partial charge in [0, 0.05) is 50.4 Å². The molecule has 0 aliphatic carbocycles. The van der Waals surface area contributed by atoms with Crippen LogP contribution in [0.1, 0.15) is 6.92 Å². The van der Waals surface area contributed by atoms with E-state index in [2.05, 4.69) is 19.5 Å². The fourth-order valence-corrected chi connectivity index (χ4v) is 5.60. The van der Waals surface area contributed by atoms with Crippen molar-refractivity contribution in [3.05, 3.63) is 33.5 Å². The number of aromatic nitrogens is 1. The summed E-state index contributed by atoms with van der Waals surface area (Å²) in [6, 6.07) is 0.305. The van der Waals surface area contributed by atoms with Gasteiger partial charge in [-0.1, -0.05) is 11.6 Å². The molecule has 2 fully saturated rings. The third kappa shape index (κ3) is 9.25. The topological polar surface area (TPSA) is 130 Å². The van der Waals surface area contributed by atoms with Crippen LogP contribution in [-0.2, 0) is 20.5 Å². The SMILES string of the molecule is CC1COCCN1S(C)=O.N/C(=C\C=C(/N)SN1CCN(c2nc(Cl)cs2)CC1)NC=O. The molecule has 2 unspecified atom stereocenters. The van der Waals surface area contributed by atoms with Gasteiger partial charge >= 0.3 is 0 Å². The lowest BCUT2D eigenvalue weighted by atomic mass is 10.3. The molecule has 0 saturated carbocycles. The first-order chi connectivity index (χ1) is 15.3. The predicted molar refractivity (Wildman–Crippen MR) is 133 cm³/mol. The van der Waals surface area contributed by atoms with Crippen molar-refractivity contribution in [3.8, 4) is 0 Å². The number of carbonyl (C=O) groups is 1. The van der Waals surface area contributed by atoms with Crippen LogP contribution in [0.2, 0.25) is 5.15 Å². The lowest BCUT2D eigenvalue weighted by molar-refractivity contribution is -0.108. The highest BCUT2D eigenvalue weighted by atomic mass is 35.5. The maximum absolute atomic E-state index is 11.0. The van der Waals surface area contributed by atoms with E-state index in [0.29, 0.717) is 35.8 Å². The highest BCUT2D eigenvalue weighted by Crippen LogP contribution is 2.26. The summed E-state index contributed by atoms with van der Waals surface area (Å²) in [5, 5.41) is 6.28. The highest BCUT2D eigenvalue weighted by molar-refractivity contribution is 8.00. The molecule has 1 aromatic rings. The van der Waals surface area contributed by atoms with Crippen molar-refractivity contribution in [3.63, 3.8) is 0 Å². The summed E-state index contributed by atoms with van der Waals surface area (Å²) in [7, 11) is -0.829. The minimum absolute atomic E-state index is 0.254. The number of amides is 1. The van der Waals surface area contributed by atoms with Gasteiger partial charge in [0.25, 0.3) is 0 Å². The molecule has 1 amide bonds. The normalized spacial score (nSPS) is 22.1. The summed E-state index contributed by atoms with van der Waals surface area (Å²) in [5.74, 6) is 0.254.